The number of amidine groups is 1. The van der Waals surface area contributed by atoms with Crippen LogP contribution in [0.1, 0.15) is 93.6 Å². The van der Waals surface area contributed by atoms with Crippen LogP contribution < -0.4 is 26.6 Å². The number of thiol groups is 1. The number of benzene rings is 1. The average molecular weight is 882 g/mol. The molecule has 3 aliphatic heterocycles. The minimum Gasteiger partial charge on any atom is -0.360 e. The largest absolute Gasteiger partial charge is 0.360 e. The van der Waals surface area contributed by atoms with Crippen molar-refractivity contribution in [2.24, 2.45) is 32.7 Å². The van der Waals surface area contributed by atoms with E-state index in [1.807, 2.05) is 99.6 Å². The molecule has 2 saturated heterocycles. The molecular weight excluding hydrogens is 815 g/mol. The third-order valence-corrected chi connectivity index (χ3v) is 12.5. The molecule has 4 rings (SSSR count). The first-order valence-corrected chi connectivity index (χ1v) is 22.9. The van der Waals surface area contributed by atoms with Crippen LogP contribution in [0.4, 0.5) is 0 Å². The molecular formula is C44H67N9O6S2. The van der Waals surface area contributed by atoms with Crippen molar-refractivity contribution in [3.05, 3.63) is 47.5 Å². The van der Waals surface area contributed by atoms with E-state index in [0.717, 1.165) is 11.3 Å². The van der Waals surface area contributed by atoms with Gasteiger partial charge in [0.1, 0.15) is 36.5 Å². The molecule has 2 fully saturated rings. The number of carbonyl (C=O) groups is 6. The van der Waals surface area contributed by atoms with Gasteiger partial charge in [0, 0.05) is 37.2 Å². The maximum atomic E-state index is 14.9. The van der Waals surface area contributed by atoms with Gasteiger partial charge in [-0.2, -0.15) is 0 Å². The van der Waals surface area contributed by atoms with Gasteiger partial charge in [0.2, 0.25) is 35.4 Å². The average Bonchev–Trinajstić information content (AvgIpc) is 3.87. The van der Waals surface area contributed by atoms with E-state index in [4.69, 9.17) is 4.99 Å². The number of hydrogen-bond donors (Lipinski definition) is 6. The van der Waals surface area contributed by atoms with Crippen molar-refractivity contribution in [2.75, 3.05) is 31.3 Å². The second-order valence-corrected chi connectivity index (χ2v) is 20.1. The Morgan fingerprint density at radius 2 is 1.67 bits per heavy atom. The van der Waals surface area contributed by atoms with E-state index >= 15 is 0 Å². The molecule has 1 aromatic carbocycles. The zero-order valence-electron chi connectivity index (χ0n) is 37.4. The van der Waals surface area contributed by atoms with Gasteiger partial charge in [0.25, 0.3) is 0 Å². The van der Waals surface area contributed by atoms with Crippen LogP contribution in [0.2, 0.25) is 0 Å². The molecule has 0 aromatic heterocycles. The summed E-state index contributed by atoms with van der Waals surface area (Å²) < 4.78 is 0. The molecule has 0 spiro atoms. The Balaban J connectivity index is 1.74. The van der Waals surface area contributed by atoms with Gasteiger partial charge in [0.05, 0.1) is 24.4 Å². The Labute approximate surface area is 371 Å². The zero-order valence-corrected chi connectivity index (χ0v) is 39.1. The van der Waals surface area contributed by atoms with Crippen LogP contribution >= 0.6 is 24.4 Å². The van der Waals surface area contributed by atoms with Crippen molar-refractivity contribution in [3.63, 3.8) is 0 Å². The van der Waals surface area contributed by atoms with Crippen molar-refractivity contribution in [2.45, 2.75) is 124 Å². The second kappa shape index (κ2) is 21.6. The van der Waals surface area contributed by atoms with Gasteiger partial charge in [-0.1, -0.05) is 99.6 Å². The zero-order chi connectivity index (χ0) is 45.2. The van der Waals surface area contributed by atoms with E-state index < -0.39 is 70.7 Å². The molecule has 0 aliphatic carbocycles. The van der Waals surface area contributed by atoms with Crippen LogP contribution in [0.15, 0.2) is 51.9 Å². The first-order chi connectivity index (χ1) is 28.6. The first-order valence-electron chi connectivity index (χ1n) is 21.2. The molecule has 6 amide bonds. The van der Waals surface area contributed by atoms with Crippen molar-refractivity contribution in [3.8, 4) is 0 Å². The number of nitrogens with one attached hydrogen (secondary N) is 5. The highest BCUT2D eigenvalue weighted by molar-refractivity contribution is 7.99. The van der Waals surface area contributed by atoms with Crippen LogP contribution in [0, 0.1) is 22.7 Å². The molecule has 61 heavy (non-hydrogen) atoms. The number of rotatable bonds is 12. The first kappa shape index (κ1) is 49.3. The summed E-state index contributed by atoms with van der Waals surface area (Å²) in [6.45, 7) is 19.5. The minimum atomic E-state index is -1.11. The normalized spacial score (nSPS) is 23.9. The van der Waals surface area contributed by atoms with E-state index in [-0.39, 0.29) is 48.4 Å². The summed E-state index contributed by atoms with van der Waals surface area (Å²) >= 11 is 5.74. The smallest absolute Gasteiger partial charge is 0.244 e. The van der Waals surface area contributed by atoms with Crippen molar-refractivity contribution in [1.82, 2.24) is 36.4 Å². The Hall–Kier alpha value is -4.38. The summed E-state index contributed by atoms with van der Waals surface area (Å²) in [4.78, 5) is 96.7. The van der Waals surface area contributed by atoms with Crippen molar-refractivity contribution >= 4 is 71.9 Å². The SMILES string of the molecule is CC(C)[C@@H]1NC(=O)[C@@H]2[C@H](C)CCN2C(=O)CN=C(NC(C(=O)NC(C(=O)N[C@@H](C=N/C=C\S)CC(=O)N2CCSC2)[C@@H](C)c2ccccc2)C(C)(C)C)C(C(C)(C)C)NC1=O. The molecule has 0 radical (unpaired) electrons. The highest BCUT2D eigenvalue weighted by atomic mass is 32.2. The van der Waals surface area contributed by atoms with Gasteiger partial charge in [-0.25, -0.2) is 0 Å². The lowest BCUT2D eigenvalue weighted by Gasteiger charge is -2.39. The molecule has 3 unspecified atom stereocenters. The summed E-state index contributed by atoms with van der Waals surface area (Å²) in [5, 5.41) is 16.9. The summed E-state index contributed by atoms with van der Waals surface area (Å²) in [7, 11) is 0. The molecule has 15 nitrogen and oxygen atoms in total. The fourth-order valence-electron chi connectivity index (χ4n) is 7.75. The van der Waals surface area contributed by atoms with E-state index in [2.05, 4.69) is 44.2 Å². The number of thioether (sulfide) groups is 1. The molecule has 3 heterocycles. The monoisotopic (exact) mass is 881 g/mol. The fourth-order valence-corrected chi connectivity index (χ4v) is 8.80. The Bertz CT molecular complexity index is 1820. The molecule has 17 heteroatoms. The van der Waals surface area contributed by atoms with Crippen LogP contribution in [0.3, 0.4) is 0 Å². The number of amides is 6. The molecule has 3 aliphatic rings. The molecule has 8 atom stereocenters. The van der Waals surface area contributed by atoms with E-state index in [1.54, 1.807) is 16.7 Å². The predicted octanol–water partition coefficient (Wildman–Crippen LogP) is 3.48. The van der Waals surface area contributed by atoms with Crippen molar-refractivity contribution < 1.29 is 28.8 Å². The van der Waals surface area contributed by atoms with Crippen LogP contribution in [-0.4, -0.2) is 125 Å². The lowest BCUT2D eigenvalue weighted by Crippen LogP contribution is -2.65. The summed E-state index contributed by atoms with van der Waals surface area (Å²) in [6.07, 6.45) is 3.53. The van der Waals surface area contributed by atoms with Gasteiger partial charge >= 0.3 is 0 Å². The maximum absolute atomic E-state index is 14.9. The topological polar surface area (TPSA) is 194 Å². The van der Waals surface area contributed by atoms with Crippen LogP contribution in [0.25, 0.3) is 0 Å². The maximum Gasteiger partial charge on any atom is 0.244 e. The van der Waals surface area contributed by atoms with Crippen LogP contribution in [0.5, 0.6) is 0 Å². The number of hydrogen-bond acceptors (Lipinski definition) is 11. The summed E-state index contributed by atoms with van der Waals surface area (Å²) in [6, 6.07) is 3.92. The van der Waals surface area contributed by atoms with Gasteiger partial charge in [-0.3, -0.25) is 38.8 Å². The van der Waals surface area contributed by atoms with Gasteiger partial charge in [0.15, 0.2) is 0 Å². The second-order valence-electron chi connectivity index (χ2n) is 18.8. The van der Waals surface area contributed by atoms with Gasteiger partial charge in [-0.05, 0) is 40.1 Å². The minimum absolute atomic E-state index is 0.0281. The van der Waals surface area contributed by atoms with E-state index in [0.29, 0.717) is 25.4 Å². The molecule has 0 bridgehead atoms. The Kier molecular flexibility index (Phi) is 17.5. The van der Waals surface area contributed by atoms with Gasteiger partial charge < -0.3 is 36.4 Å². The lowest BCUT2D eigenvalue weighted by molar-refractivity contribution is -0.140. The highest BCUT2D eigenvalue weighted by Crippen LogP contribution is 2.28. The number of nitrogens with zero attached hydrogens (tertiary/aromatic N) is 4. The number of fused-ring (bicyclic) bond motifs is 1. The lowest BCUT2D eigenvalue weighted by atomic mass is 9.82. The van der Waals surface area contributed by atoms with E-state index in [1.165, 1.54) is 22.7 Å². The number of carbonyl (C=O) groups excluding carboxylic acids is 6. The molecule has 5 N–H and O–H groups in total. The van der Waals surface area contributed by atoms with Gasteiger partial charge in [-0.15, -0.1) is 24.4 Å². The Morgan fingerprint density at radius 1 is 0.984 bits per heavy atom. The molecule has 1 aromatic rings. The predicted molar refractivity (Wildman–Crippen MR) is 245 cm³/mol. The Morgan fingerprint density at radius 3 is 2.26 bits per heavy atom. The third-order valence-electron chi connectivity index (χ3n) is 11.4. The molecule has 336 valence electrons. The third kappa shape index (κ3) is 13.3. The van der Waals surface area contributed by atoms with Crippen LogP contribution in [-0.2, 0) is 28.8 Å². The summed E-state index contributed by atoms with van der Waals surface area (Å²) in [5.41, 5.74) is -0.698. The fraction of sp³-hybridized carbons (Fsp3) is 0.636. The molecule has 0 saturated carbocycles. The van der Waals surface area contributed by atoms with E-state index in [9.17, 15) is 28.8 Å². The number of aliphatic imine (C=N–C) groups is 2. The summed E-state index contributed by atoms with van der Waals surface area (Å²) in [5.74, 6) is -1.62. The quantitative estimate of drug-likeness (QED) is 0.136. The standard InChI is InChI=1S/C44H67N9O6S2/c1-26(2)33-39(56)51-36(43(5,6)7)38(46-24-32(55)53-18-16-27(3)35(53)41(58)48-33)50-37(44(8,9)10)42(59)49-34(28(4)29-14-12-11-13-15-29)40(57)47-30(23-45-17-20-60)22-31(54)52-19-21-61-25-52/h11-15,17,20,23,26-28,30,33-37,60H,16,18-19,21-22,24-25H2,1-10H3,(H,46,50)(H,47,57)(H,48,58)(H,49,59)(H,51,56)/b20-17-,45-23?/t27-,28+,30-,33+,34?,35+,36?,37?/m1/s1. The highest BCUT2D eigenvalue weighted by Gasteiger charge is 2.44. The van der Waals surface area contributed by atoms with Crippen molar-refractivity contribution in [1.29, 1.82) is 0 Å².